The van der Waals surface area contributed by atoms with Crippen LogP contribution in [0.4, 0.5) is 0 Å². The van der Waals surface area contributed by atoms with Gasteiger partial charge >= 0.3 is 0 Å². The summed E-state index contributed by atoms with van der Waals surface area (Å²) in [4.78, 5) is 12.8. The normalized spacial score (nSPS) is 10.9. The molecule has 2 nitrogen and oxygen atoms in total. The molecule has 0 saturated carbocycles. The van der Waals surface area contributed by atoms with E-state index in [4.69, 9.17) is 0 Å². The van der Waals surface area contributed by atoms with E-state index in [1.165, 1.54) is 16.0 Å². The number of allylic oxidation sites excluding steroid dienone is 1. The Hall–Kier alpha value is -0.740. The van der Waals surface area contributed by atoms with E-state index in [1.54, 1.807) is 11.8 Å². The third-order valence-electron chi connectivity index (χ3n) is 2.68. The lowest BCUT2D eigenvalue weighted by Crippen LogP contribution is -2.25. The standard InChI is InChI=1S/C15H20BrNOS/c1-4-5-6-7-17-15(18)10-19-14-9-11(2)13(16)8-12(14)3/h4-5,8-9H,6-7,10H2,1-3H3,(H,17,18)/b5-4+. The van der Waals surface area contributed by atoms with Crippen molar-refractivity contribution in [2.45, 2.75) is 32.1 Å². The molecule has 1 N–H and O–H groups in total. The molecule has 0 unspecified atom stereocenters. The van der Waals surface area contributed by atoms with Crippen molar-refractivity contribution in [3.05, 3.63) is 39.9 Å². The third-order valence-corrected chi connectivity index (χ3v) is 4.70. The zero-order chi connectivity index (χ0) is 14.3. The van der Waals surface area contributed by atoms with Gasteiger partial charge in [0.1, 0.15) is 0 Å². The Labute approximate surface area is 128 Å². The molecule has 0 atom stereocenters. The van der Waals surface area contributed by atoms with E-state index < -0.39 is 0 Å². The molecule has 0 fully saturated rings. The molecule has 0 heterocycles. The van der Waals surface area contributed by atoms with Crippen molar-refractivity contribution in [1.82, 2.24) is 5.32 Å². The quantitative estimate of drug-likeness (QED) is 0.476. The smallest absolute Gasteiger partial charge is 0.230 e. The lowest BCUT2D eigenvalue weighted by Gasteiger charge is -2.09. The Morgan fingerprint density at radius 1 is 1.37 bits per heavy atom. The summed E-state index contributed by atoms with van der Waals surface area (Å²) in [5.74, 6) is 0.562. The fraction of sp³-hybridized carbons (Fsp3) is 0.400. The van der Waals surface area contributed by atoms with Crippen LogP contribution in [-0.4, -0.2) is 18.2 Å². The molecule has 1 amide bonds. The van der Waals surface area contributed by atoms with Gasteiger partial charge in [-0.1, -0.05) is 28.1 Å². The van der Waals surface area contributed by atoms with Gasteiger partial charge in [0.05, 0.1) is 5.75 Å². The Kier molecular flexibility index (Phi) is 7.24. The Morgan fingerprint density at radius 3 is 2.79 bits per heavy atom. The molecule has 104 valence electrons. The lowest BCUT2D eigenvalue weighted by molar-refractivity contribution is -0.118. The molecule has 1 aromatic carbocycles. The molecule has 0 spiro atoms. The topological polar surface area (TPSA) is 29.1 Å². The first-order chi connectivity index (χ1) is 9.04. The van der Waals surface area contributed by atoms with Crippen LogP contribution >= 0.6 is 27.7 Å². The number of thioether (sulfide) groups is 1. The summed E-state index contributed by atoms with van der Waals surface area (Å²) in [5.41, 5.74) is 2.39. The van der Waals surface area contributed by atoms with Crippen molar-refractivity contribution >= 4 is 33.6 Å². The maximum atomic E-state index is 11.7. The van der Waals surface area contributed by atoms with Crippen molar-refractivity contribution < 1.29 is 4.79 Å². The zero-order valence-electron chi connectivity index (χ0n) is 11.6. The predicted molar refractivity (Wildman–Crippen MR) is 86.8 cm³/mol. The zero-order valence-corrected chi connectivity index (χ0v) is 14.0. The second kappa shape index (κ2) is 8.43. The van der Waals surface area contributed by atoms with E-state index in [9.17, 15) is 4.79 Å². The number of benzene rings is 1. The van der Waals surface area contributed by atoms with Crippen molar-refractivity contribution in [3.63, 3.8) is 0 Å². The van der Waals surface area contributed by atoms with Crippen LogP contribution in [0.3, 0.4) is 0 Å². The highest BCUT2D eigenvalue weighted by atomic mass is 79.9. The first kappa shape index (κ1) is 16.3. The molecule has 1 rings (SSSR count). The van der Waals surface area contributed by atoms with Gasteiger partial charge in [0.25, 0.3) is 0 Å². The molecule has 0 aliphatic heterocycles. The van der Waals surface area contributed by atoms with Crippen LogP contribution in [0.15, 0.2) is 33.7 Å². The van der Waals surface area contributed by atoms with Crippen molar-refractivity contribution in [2.75, 3.05) is 12.3 Å². The SMILES string of the molecule is C/C=C/CCNC(=O)CSc1cc(C)c(Br)cc1C. The number of carbonyl (C=O) groups is 1. The molecule has 0 bridgehead atoms. The van der Waals surface area contributed by atoms with Crippen LogP contribution in [0.25, 0.3) is 0 Å². The minimum absolute atomic E-state index is 0.0921. The van der Waals surface area contributed by atoms with Gasteiger partial charge in [0.2, 0.25) is 5.91 Å². The first-order valence-corrected chi connectivity index (χ1v) is 8.10. The monoisotopic (exact) mass is 341 g/mol. The van der Waals surface area contributed by atoms with Crippen molar-refractivity contribution in [3.8, 4) is 0 Å². The summed E-state index contributed by atoms with van der Waals surface area (Å²) < 4.78 is 1.12. The van der Waals surface area contributed by atoms with E-state index in [-0.39, 0.29) is 5.91 Å². The van der Waals surface area contributed by atoms with Gasteiger partial charge < -0.3 is 5.32 Å². The maximum absolute atomic E-state index is 11.7. The second-order valence-electron chi connectivity index (χ2n) is 4.36. The summed E-state index contributed by atoms with van der Waals surface area (Å²) in [6.07, 6.45) is 4.94. The van der Waals surface area contributed by atoms with Gasteiger partial charge in [-0.15, -0.1) is 11.8 Å². The van der Waals surface area contributed by atoms with Crippen LogP contribution in [0.5, 0.6) is 0 Å². The summed E-state index contributed by atoms with van der Waals surface area (Å²) in [5, 5.41) is 2.91. The highest BCUT2D eigenvalue weighted by molar-refractivity contribution is 9.10. The number of carbonyl (C=O) groups excluding carboxylic acids is 1. The van der Waals surface area contributed by atoms with Gasteiger partial charge in [-0.3, -0.25) is 4.79 Å². The average Bonchev–Trinajstić information content (AvgIpc) is 2.37. The van der Waals surface area contributed by atoms with Crippen molar-refractivity contribution in [1.29, 1.82) is 0 Å². The molecule has 19 heavy (non-hydrogen) atoms. The largest absolute Gasteiger partial charge is 0.355 e. The Morgan fingerprint density at radius 2 is 2.11 bits per heavy atom. The first-order valence-electron chi connectivity index (χ1n) is 6.32. The molecule has 1 aromatic rings. The van der Waals surface area contributed by atoms with Crippen LogP contribution in [0, 0.1) is 13.8 Å². The lowest BCUT2D eigenvalue weighted by atomic mass is 10.2. The highest BCUT2D eigenvalue weighted by Gasteiger charge is 2.06. The fourth-order valence-corrected chi connectivity index (χ4v) is 2.96. The molecule has 0 aliphatic rings. The molecule has 0 radical (unpaired) electrons. The van der Waals surface area contributed by atoms with Crippen molar-refractivity contribution in [2.24, 2.45) is 0 Å². The van der Waals surface area contributed by atoms with Gasteiger partial charge in [-0.2, -0.15) is 0 Å². The molecule has 0 aromatic heterocycles. The second-order valence-corrected chi connectivity index (χ2v) is 6.23. The predicted octanol–water partition coefficient (Wildman–Crippen LogP) is 4.24. The Balaban J connectivity index is 2.44. The summed E-state index contributed by atoms with van der Waals surface area (Å²) >= 11 is 5.11. The van der Waals surface area contributed by atoms with Crippen LogP contribution in [-0.2, 0) is 4.79 Å². The van der Waals surface area contributed by atoms with E-state index in [1.807, 2.05) is 13.0 Å². The molecular weight excluding hydrogens is 322 g/mol. The number of rotatable bonds is 6. The average molecular weight is 342 g/mol. The van der Waals surface area contributed by atoms with E-state index >= 15 is 0 Å². The molecule has 4 heteroatoms. The van der Waals surface area contributed by atoms with Crippen LogP contribution < -0.4 is 5.32 Å². The third kappa shape index (κ3) is 5.83. The molecular formula is C15H20BrNOS. The number of hydrogen-bond donors (Lipinski definition) is 1. The van der Waals surface area contributed by atoms with Gasteiger partial charge in [0.15, 0.2) is 0 Å². The minimum atomic E-state index is 0.0921. The van der Waals surface area contributed by atoms with E-state index in [2.05, 4.69) is 53.3 Å². The summed E-state index contributed by atoms with van der Waals surface area (Å²) in [6.45, 7) is 6.82. The van der Waals surface area contributed by atoms with Gasteiger partial charge in [-0.05, 0) is 50.5 Å². The molecule has 0 saturated heterocycles. The van der Waals surface area contributed by atoms with Gasteiger partial charge in [0, 0.05) is 15.9 Å². The maximum Gasteiger partial charge on any atom is 0.230 e. The fourth-order valence-electron chi connectivity index (χ4n) is 1.57. The van der Waals surface area contributed by atoms with Crippen LogP contribution in [0.2, 0.25) is 0 Å². The number of aryl methyl sites for hydroxylation is 2. The number of hydrogen-bond acceptors (Lipinski definition) is 2. The highest BCUT2D eigenvalue weighted by Crippen LogP contribution is 2.28. The molecule has 0 aliphatic carbocycles. The summed E-state index contributed by atoms with van der Waals surface area (Å²) in [7, 11) is 0. The van der Waals surface area contributed by atoms with Crippen LogP contribution in [0.1, 0.15) is 24.5 Å². The number of nitrogens with one attached hydrogen (secondary N) is 1. The van der Waals surface area contributed by atoms with E-state index in [0.717, 1.165) is 10.9 Å². The van der Waals surface area contributed by atoms with E-state index in [0.29, 0.717) is 12.3 Å². The number of amides is 1. The van der Waals surface area contributed by atoms with Gasteiger partial charge in [-0.25, -0.2) is 0 Å². The summed E-state index contributed by atoms with van der Waals surface area (Å²) in [6, 6.07) is 4.22. The number of halogens is 1. The Bertz CT molecular complexity index is 471. The minimum Gasteiger partial charge on any atom is -0.355 e.